The Kier molecular flexibility index (Phi) is 4.42. The molecular formula is C13H14N4O4. The maximum absolute atomic E-state index is 12.4. The number of para-hydroxylation sites is 2. The van der Waals surface area contributed by atoms with E-state index in [1.807, 2.05) is 0 Å². The Balaban J connectivity index is 2.27. The smallest absolute Gasteiger partial charge is 0.407 e. The van der Waals surface area contributed by atoms with Gasteiger partial charge < -0.3 is 9.52 Å². The number of hydrogen-bond donors (Lipinski definition) is 1. The third-order valence-electron chi connectivity index (χ3n) is 3.26. The average Bonchev–Trinajstić information content (AvgIpc) is 2.81. The van der Waals surface area contributed by atoms with Crippen LogP contribution in [0.3, 0.4) is 0 Å². The summed E-state index contributed by atoms with van der Waals surface area (Å²) in [6.07, 6.45) is -0.870. The molecule has 1 aromatic carbocycles. The third-order valence-corrected chi connectivity index (χ3v) is 3.26. The second kappa shape index (κ2) is 6.25. The predicted molar refractivity (Wildman–Crippen MR) is 74.9 cm³/mol. The van der Waals surface area contributed by atoms with Gasteiger partial charge in [0.05, 0.1) is 17.5 Å². The second-order valence-corrected chi connectivity index (χ2v) is 4.61. The largest absolute Gasteiger partial charge is 0.426 e. The highest BCUT2D eigenvalue weighted by molar-refractivity contribution is 5.90. The lowest BCUT2D eigenvalue weighted by Gasteiger charge is -2.16. The van der Waals surface area contributed by atoms with Crippen molar-refractivity contribution in [3.63, 3.8) is 0 Å². The standard InChI is InChI=1S/C13H14N4O4/c1-8(10(18)6-7-15-16-14)12(19)17-9-4-2-3-5-11(9)21-13(17)20/h2-5,8,10,18H,6-7H2,1H3/t8-,10+/m1/s1. The summed E-state index contributed by atoms with van der Waals surface area (Å²) >= 11 is 0. The quantitative estimate of drug-likeness (QED) is 0.513. The van der Waals surface area contributed by atoms with Crippen LogP contribution in [0.15, 0.2) is 38.6 Å². The Morgan fingerprint density at radius 2 is 2.24 bits per heavy atom. The van der Waals surface area contributed by atoms with E-state index in [0.29, 0.717) is 11.1 Å². The van der Waals surface area contributed by atoms with Gasteiger partial charge in [-0.1, -0.05) is 24.2 Å². The van der Waals surface area contributed by atoms with E-state index in [9.17, 15) is 14.7 Å². The van der Waals surface area contributed by atoms with Crippen molar-refractivity contribution >= 4 is 17.0 Å². The van der Waals surface area contributed by atoms with Crippen LogP contribution >= 0.6 is 0 Å². The molecule has 0 unspecified atom stereocenters. The fourth-order valence-electron chi connectivity index (χ4n) is 2.03. The molecule has 110 valence electrons. The zero-order chi connectivity index (χ0) is 15.4. The molecule has 0 spiro atoms. The SMILES string of the molecule is C[C@@H](C(=O)n1c(=O)oc2ccccc21)[C@@H](O)CCN=[N+]=[N-]. The fraction of sp³-hybridized carbons (Fsp3) is 0.385. The molecule has 8 nitrogen and oxygen atoms in total. The first-order chi connectivity index (χ1) is 10.1. The van der Waals surface area contributed by atoms with Gasteiger partial charge in [0.1, 0.15) is 0 Å². The number of rotatable bonds is 5. The molecule has 8 heteroatoms. The normalized spacial score (nSPS) is 13.6. The summed E-state index contributed by atoms with van der Waals surface area (Å²) in [7, 11) is 0. The Labute approximate surface area is 119 Å². The van der Waals surface area contributed by atoms with Crippen LogP contribution in [0.4, 0.5) is 0 Å². The molecule has 2 rings (SSSR count). The van der Waals surface area contributed by atoms with Gasteiger partial charge >= 0.3 is 5.76 Å². The molecule has 0 radical (unpaired) electrons. The molecule has 1 N–H and O–H groups in total. The van der Waals surface area contributed by atoms with Crippen LogP contribution in [-0.2, 0) is 0 Å². The van der Waals surface area contributed by atoms with Gasteiger partial charge in [-0.2, -0.15) is 0 Å². The number of aliphatic hydroxyl groups is 1. The molecule has 0 aliphatic rings. The van der Waals surface area contributed by atoms with Crippen LogP contribution in [-0.4, -0.2) is 28.2 Å². The summed E-state index contributed by atoms with van der Waals surface area (Å²) in [5, 5.41) is 13.2. The summed E-state index contributed by atoms with van der Waals surface area (Å²) in [5.74, 6) is -2.16. The van der Waals surface area contributed by atoms with Crippen molar-refractivity contribution in [1.29, 1.82) is 0 Å². The molecule has 0 saturated heterocycles. The van der Waals surface area contributed by atoms with E-state index in [1.54, 1.807) is 24.3 Å². The molecule has 0 bridgehead atoms. The highest BCUT2D eigenvalue weighted by atomic mass is 16.4. The molecule has 2 aromatic rings. The first-order valence-corrected chi connectivity index (χ1v) is 6.40. The predicted octanol–water partition coefficient (Wildman–Crippen LogP) is 1.93. The summed E-state index contributed by atoms with van der Waals surface area (Å²) in [5.41, 5.74) is 8.86. The van der Waals surface area contributed by atoms with Crippen molar-refractivity contribution in [2.45, 2.75) is 19.4 Å². The van der Waals surface area contributed by atoms with Crippen molar-refractivity contribution in [2.24, 2.45) is 11.0 Å². The van der Waals surface area contributed by atoms with Gasteiger partial charge in [-0.15, -0.1) is 0 Å². The second-order valence-electron chi connectivity index (χ2n) is 4.61. The molecule has 0 fully saturated rings. The monoisotopic (exact) mass is 290 g/mol. The molecule has 0 aliphatic heterocycles. The molecule has 1 heterocycles. The molecule has 0 amide bonds. The maximum atomic E-state index is 12.4. The lowest BCUT2D eigenvalue weighted by molar-refractivity contribution is 0.0613. The van der Waals surface area contributed by atoms with Gasteiger partial charge in [-0.25, -0.2) is 9.36 Å². The van der Waals surface area contributed by atoms with Crippen LogP contribution in [0.25, 0.3) is 21.5 Å². The van der Waals surface area contributed by atoms with Crippen molar-refractivity contribution in [3.8, 4) is 0 Å². The third kappa shape index (κ3) is 2.96. The van der Waals surface area contributed by atoms with Gasteiger partial charge in [0.25, 0.3) is 0 Å². The zero-order valence-electron chi connectivity index (χ0n) is 11.3. The number of fused-ring (bicyclic) bond motifs is 1. The number of nitrogens with zero attached hydrogens (tertiary/aromatic N) is 4. The first kappa shape index (κ1) is 14.8. The number of oxazole rings is 1. The highest BCUT2D eigenvalue weighted by Crippen LogP contribution is 2.16. The molecule has 21 heavy (non-hydrogen) atoms. The molecular weight excluding hydrogens is 276 g/mol. The number of benzene rings is 1. The Bertz CT molecular complexity index is 757. The van der Waals surface area contributed by atoms with E-state index in [2.05, 4.69) is 10.0 Å². The number of hydrogen-bond acceptors (Lipinski definition) is 5. The number of aliphatic hydroxyl groups excluding tert-OH is 1. The summed E-state index contributed by atoms with van der Waals surface area (Å²) in [6.45, 7) is 1.59. The number of carbonyl (C=O) groups is 1. The van der Waals surface area contributed by atoms with Crippen LogP contribution < -0.4 is 5.76 Å². The van der Waals surface area contributed by atoms with Crippen molar-refractivity contribution < 1.29 is 14.3 Å². The van der Waals surface area contributed by atoms with Crippen LogP contribution in [0.2, 0.25) is 0 Å². The van der Waals surface area contributed by atoms with Crippen LogP contribution in [0.5, 0.6) is 0 Å². The Hall–Kier alpha value is -2.57. The minimum Gasteiger partial charge on any atom is -0.407 e. The van der Waals surface area contributed by atoms with E-state index in [4.69, 9.17) is 9.95 Å². The molecule has 0 saturated carbocycles. The van der Waals surface area contributed by atoms with E-state index in [-0.39, 0.29) is 13.0 Å². The highest BCUT2D eigenvalue weighted by Gasteiger charge is 2.26. The molecule has 2 atom stereocenters. The van der Waals surface area contributed by atoms with Crippen molar-refractivity contribution in [2.75, 3.05) is 6.54 Å². The van der Waals surface area contributed by atoms with Crippen molar-refractivity contribution in [1.82, 2.24) is 4.57 Å². The number of azide groups is 1. The van der Waals surface area contributed by atoms with Gasteiger partial charge in [0.2, 0.25) is 5.91 Å². The number of aromatic nitrogens is 1. The van der Waals surface area contributed by atoms with Crippen LogP contribution in [0.1, 0.15) is 18.1 Å². The minimum atomic E-state index is -1.01. The molecule has 1 aromatic heterocycles. The topological polar surface area (TPSA) is 121 Å². The van der Waals surface area contributed by atoms with Gasteiger partial charge in [-0.05, 0) is 24.1 Å². The zero-order valence-corrected chi connectivity index (χ0v) is 11.3. The average molecular weight is 290 g/mol. The number of carbonyl (C=O) groups excluding carboxylic acids is 1. The Morgan fingerprint density at radius 1 is 1.52 bits per heavy atom. The lowest BCUT2D eigenvalue weighted by Crippen LogP contribution is -2.34. The lowest BCUT2D eigenvalue weighted by atomic mass is 10.0. The van der Waals surface area contributed by atoms with Crippen molar-refractivity contribution in [3.05, 3.63) is 45.3 Å². The van der Waals surface area contributed by atoms with Gasteiger partial charge in [0, 0.05) is 11.5 Å². The first-order valence-electron chi connectivity index (χ1n) is 6.40. The summed E-state index contributed by atoms with van der Waals surface area (Å²) < 4.78 is 5.90. The van der Waals surface area contributed by atoms with E-state index >= 15 is 0 Å². The summed E-state index contributed by atoms with van der Waals surface area (Å²) in [6, 6.07) is 6.56. The van der Waals surface area contributed by atoms with Gasteiger partial charge in [0.15, 0.2) is 5.58 Å². The maximum Gasteiger partial charge on any atom is 0.426 e. The molecule has 0 aliphatic carbocycles. The summed E-state index contributed by atoms with van der Waals surface area (Å²) in [4.78, 5) is 26.7. The fourth-order valence-corrected chi connectivity index (χ4v) is 2.03. The van der Waals surface area contributed by atoms with E-state index in [1.165, 1.54) is 6.92 Å². The Morgan fingerprint density at radius 3 is 2.95 bits per heavy atom. The van der Waals surface area contributed by atoms with Crippen LogP contribution in [0, 0.1) is 5.92 Å². The van der Waals surface area contributed by atoms with Gasteiger partial charge in [-0.3, -0.25) is 4.79 Å². The minimum absolute atomic E-state index is 0.0797. The van der Waals surface area contributed by atoms with E-state index < -0.39 is 23.7 Å². The van der Waals surface area contributed by atoms with E-state index in [0.717, 1.165) is 4.57 Å².